The third-order valence-corrected chi connectivity index (χ3v) is 6.92. The maximum atomic E-state index is 10.7. The predicted molar refractivity (Wildman–Crippen MR) is 118 cm³/mol. The van der Waals surface area contributed by atoms with Crippen LogP contribution in [0.2, 0.25) is 5.02 Å². The topological polar surface area (TPSA) is 118 Å². The van der Waals surface area contributed by atoms with E-state index < -0.39 is 30.5 Å². The van der Waals surface area contributed by atoms with Crippen LogP contribution < -0.4 is 9.47 Å². The van der Waals surface area contributed by atoms with Crippen LogP contribution in [0.5, 0.6) is 11.5 Å². The average Bonchev–Trinajstić information content (AvgIpc) is 3.21. The number of aliphatic hydroxyl groups is 4. The predicted octanol–water partition coefficient (Wildman–Crippen LogP) is 0.964. The first kappa shape index (κ1) is 22.9. The molecule has 2 fully saturated rings. The van der Waals surface area contributed by atoms with Gasteiger partial charge >= 0.3 is 0 Å². The molecule has 0 amide bonds. The lowest BCUT2D eigenvalue weighted by Gasteiger charge is -2.45. The Bertz CT molecular complexity index is 995. The van der Waals surface area contributed by atoms with Gasteiger partial charge in [0.2, 0.25) is 0 Å². The minimum absolute atomic E-state index is 0.111. The van der Waals surface area contributed by atoms with Gasteiger partial charge < -0.3 is 39.4 Å². The Labute approximate surface area is 196 Å². The lowest BCUT2D eigenvalue weighted by Crippen LogP contribution is -2.60. The Morgan fingerprint density at radius 2 is 1.79 bits per heavy atom. The summed E-state index contributed by atoms with van der Waals surface area (Å²) >= 11 is 6.41. The summed E-state index contributed by atoms with van der Waals surface area (Å²) in [5.41, 5.74) is 0.688. The molecule has 8 nitrogen and oxygen atoms in total. The smallest absolute Gasteiger partial charge is 0.145 e. The number of fused-ring (bicyclic) bond motifs is 1. The fourth-order valence-electron chi connectivity index (χ4n) is 4.68. The molecule has 3 aliphatic heterocycles. The number of hydrogen-bond acceptors (Lipinski definition) is 8. The van der Waals surface area contributed by atoms with Crippen LogP contribution >= 0.6 is 11.6 Å². The number of ether oxygens (including phenoxy) is 4. The molecule has 3 heterocycles. The molecule has 5 rings (SSSR count). The van der Waals surface area contributed by atoms with Gasteiger partial charge in [-0.3, -0.25) is 0 Å². The zero-order valence-electron chi connectivity index (χ0n) is 17.9. The van der Waals surface area contributed by atoms with E-state index in [4.69, 9.17) is 30.5 Å². The van der Waals surface area contributed by atoms with E-state index in [1.54, 1.807) is 12.1 Å². The maximum absolute atomic E-state index is 10.7. The van der Waals surface area contributed by atoms with Gasteiger partial charge in [0.15, 0.2) is 0 Å². The summed E-state index contributed by atoms with van der Waals surface area (Å²) in [6, 6.07) is 11.1. The van der Waals surface area contributed by atoms with E-state index in [9.17, 15) is 20.4 Å². The van der Waals surface area contributed by atoms with Gasteiger partial charge in [0.1, 0.15) is 47.6 Å². The van der Waals surface area contributed by atoms with Crippen molar-refractivity contribution >= 4 is 11.6 Å². The van der Waals surface area contributed by atoms with Gasteiger partial charge in [0, 0.05) is 18.4 Å². The summed E-state index contributed by atoms with van der Waals surface area (Å²) in [5, 5.41) is 41.5. The zero-order chi connectivity index (χ0) is 23.2. The minimum atomic E-state index is -1.59. The third kappa shape index (κ3) is 4.10. The van der Waals surface area contributed by atoms with Crippen molar-refractivity contribution in [2.75, 3.05) is 26.4 Å². The molecule has 0 radical (unpaired) electrons. The average molecular weight is 479 g/mol. The van der Waals surface area contributed by atoms with Crippen molar-refractivity contribution in [3.63, 3.8) is 0 Å². The van der Waals surface area contributed by atoms with Crippen LogP contribution in [0.25, 0.3) is 0 Å². The molecule has 0 saturated carbocycles. The molecule has 178 valence electrons. The molecule has 2 saturated heterocycles. The fraction of sp³-hybridized carbons (Fsp3) is 0.500. The highest BCUT2D eigenvalue weighted by Gasteiger charge is 2.52. The SMILES string of the molecule is OCC1(c2ccc(Cl)c3c2CC(Cc2ccc(OC4COC4)cc2)O3)OCC(O)C(O)C1O. The molecule has 0 aliphatic carbocycles. The lowest BCUT2D eigenvalue weighted by atomic mass is 9.79. The molecule has 33 heavy (non-hydrogen) atoms. The zero-order valence-corrected chi connectivity index (χ0v) is 18.6. The molecule has 3 aliphatic rings. The van der Waals surface area contributed by atoms with Gasteiger partial charge in [0.25, 0.3) is 0 Å². The van der Waals surface area contributed by atoms with Crippen LogP contribution in [0.1, 0.15) is 16.7 Å². The lowest BCUT2D eigenvalue weighted by molar-refractivity contribution is -0.252. The fourth-order valence-corrected chi connectivity index (χ4v) is 4.90. The van der Waals surface area contributed by atoms with E-state index in [1.165, 1.54) is 0 Å². The molecule has 9 heteroatoms. The molecule has 0 bridgehead atoms. The molecule has 0 aromatic heterocycles. The van der Waals surface area contributed by atoms with Crippen LogP contribution in [0.3, 0.4) is 0 Å². The summed E-state index contributed by atoms with van der Waals surface area (Å²) in [4.78, 5) is 0. The first-order valence-corrected chi connectivity index (χ1v) is 11.4. The number of rotatable bonds is 6. The van der Waals surface area contributed by atoms with Crippen molar-refractivity contribution in [1.82, 2.24) is 0 Å². The quantitative estimate of drug-likeness (QED) is 0.485. The molecule has 2 aromatic carbocycles. The maximum Gasteiger partial charge on any atom is 0.145 e. The van der Waals surface area contributed by atoms with Crippen molar-refractivity contribution in [2.24, 2.45) is 0 Å². The van der Waals surface area contributed by atoms with Crippen molar-refractivity contribution in [1.29, 1.82) is 0 Å². The summed E-state index contributed by atoms with van der Waals surface area (Å²) in [6.45, 7) is 0.428. The van der Waals surface area contributed by atoms with E-state index in [1.807, 2.05) is 24.3 Å². The highest BCUT2D eigenvalue weighted by atomic mass is 35.5. The summed E-state index contributed by atoms with van der Waals surface area (Å²) in [6.07, 6.45) is -3.22. The minimum Gasteiger partial charge on any atom is -0.488 e. The molecule has 0 spiro atoms. The van der Waals surface area contributed by atoms with Crippen molar-refractivity contribution < 1.29 is 39.4 Å². The normalized spacial score (nSPS) is 31.5. The van der Waals surface area contributed by atoms with E-state index in [-0.39, 0.29) is 18.8 Å². The van der Waals surface area contributed by atoms with E-state index in [2.05, 4.69) is 0 Å². The van der Waals surface area contributed by atoms with Crippen LogP contribution in [0.15, 0.2) is 36.4 Å². The Balaban J connectivity index is 1.36. The van der Waals surface area contributed by atoms with Crippen LogP contribution in [0, 0.1) is 0 Å². The highest BCUT2D eigenvalue weighted by Crippen LogP contribution is 2.46. The first-order chi connectivity index (χ1) is 15.9. The van der Waals surface area contributed by atoms with Crippen LogP contribution in [-0.2, 0) is 27.9 Å². The van der Waals surface area contributed by atoms with Gasteiger partial charge in [-0.2, -0.15) is 0 Å². The van der Waals surface area contributed by atoms with Gasteiger partial charge in [-0.05, 0) is 29.3 Å². The van der Waals surface area contributed by atoms with Crippen LogP contribution in [-0.4, -0.2) is 77.4 Å². The number of hydrogen-bond donors (Lipinski definition) is 4. The van der Waals surface area contributed by atoms with E-state index >= 15 is 0 Å². The van der Waals surface area contributed by atoms with Gasteiger partial charge in [-0.1, -0.05) is 29.8 Å². The Kier molecular flexibility index (Phi) is 6.26. The van der Waals surface area contributed by atoms with Crippen molar-refractivity contribution in [3.8, 4) is 11.5 Å². The Morgan fingerprint density at radius 1 is 1.03 bits per heavy atom. The number of aliphatic hydroxyl groups excluding tert-OH is 4. The molecule has 4 N–H and O–H groups in total. The third-order valence-electron chi connectivity index (χ3n) is 6.62. The second kappa shape index (κ2) is 9.03. The van der Waals surface area contributed by atoms with Gasteiger partial charge in [-0.25, -0.2) is 0 Å². The van der Waals surface area contributed by atoms with Gasteiger partial charge in [0.05, 0.1) is 31.5 Å². The number of halogens is 1. The molecule has 5 unspecified atom stereocenters. The van der Waals surface area contributed by atoms with Gasteiger partial charge in [-0.15, -0.1) is 0 Å². The second-order valence-corrected chi connectivity index (χ2v) is 9.24. The van der Waals surface area contributed by atoms with E-state index in [0.717, 1.165) is 11.3 Å². The summed E-state index contributed by atoms with van der Waals surface area (Å²) in [5.74, 6) is 1.27. The Hall–Kier alpha value is -1.91. The van der Waals surface area contributed by atoms with Crippen molar-refractivity contribution in [2.45, 2.75) is 49.0 Å². The summed E-state index contributed by atoms with van der Waals surface area (Å²) < 4.78 is 22.8. The molecular formula is C24H27ClO8. The molecule has 5 atom stereocenters. The first-order valence-electron chi connectivity index (χ1n) is 11.0. The highest BCUT2D eigenvalue weighted by molar-refractivity contribution is 6.32. The Morgan fingerprint density at radius 3 is 2.45 bits per heavy atom. The summed E-state index contributed by atoms with van der Waals surface area (Å²) in [7, 11) is 0. The largest absolute Gasteiger partial charge is 0.488 e. The van der Waals surface area contributed by atoms with Crippen LogP contribution in [0.4, 0.5) is 0 Å². The standard InChI is InChI=1S/C24H27ClO8/c25-19-6-5-18(24(12-26)23(29)21(28)20(27)11-31-24)17-8-15(33-22(17)19)7-13-1-3-14(4-2-13)32-16-9-30-10-16/h1-6,15-16,20-21,23,26-29H,7-12H2. The molecule has 2 aromatic rings. The molecular weight excluding hydrogens is 452 g/mol. The van der Waals surface area contributed by atoms with E-state index in [0.29, 0.717) is 48.0 Å². The second-order valence-electron chi connectivity index (χ2n) is 8.83. The number of benzene rings is 2. The van der Waals surface area contributed by atoms with Crippen molar-refractivity contribution in [3.05, 3.63) is 58.1 Å². The monoisotopic (exact) mass is 478 g/mol.